The van der Waals surface area contributed by atoms with Gasteiger partial charge >= 0.3 is 12.1 Å². The first kappa shape index (κ1) is 23.6. The second-order valence-electron chi connectivity index (χ2n) is 4.92. The number of carboxylic acid groups (broad SMARTS) is 1. The van der Waals surface area contributed by atoms with Crippen molar-refractivity contribution in [1.29, 1.82) is 0 Å². The first-order valence-electron chi connectivity index (χ1n) is 6.94. The molecule has 1 N–H and O–H groups in total. The molecule has 27 heavy (non-hydrogen) atoms. The van der Waals surface area contributed by atoms with E-state index in [1.54, 1.807) is 18.2 Å². The van der Waals surface area contributed by atoms with E-state index in [2.05, 4.69) is 0 Å². The normalized spacial score (nSPS) is 12.4. The van der Waals surface area contributed by atoms with Crippen molar-refractivity contribution in [2.75, 3.05) is 0 Å². The molecule has 2 aromatic carbocycles. The second kappa shape index (κ2) is 10.2. The fraction of sp³-hybridized carbons (Fsp3) is 0.118. The summed E-state index contributed by atoms with van der Waals surface area (Å²) in [6.07, 6.45) is -4.44. The molecule has 0 aromatic heterocycles. The third kappa shape index (κ3) is 6.88. The van der Waals surface area contributed by atoms with Gasteiger partial charge in [0.2, 0.25) is 0 Å². The fourth-order valence-corrected chi connectivity index (χ4v) is 2.70. The van der Waals surface area contributed by atoms with E-state index in [0.717, 1.165) is 12.1 Å². The summed E-state index contributed by atoms with van der Waals surface area (Å²) in [6, 6.07) is 8.35. The van der Waals surface area contributed by atoms with Gasteiger partial charge in [0.15, 0.2) is 0 Å². The Morgan fingerprint density at radius 1 is 1.00 bits per heavy atom. The zero-order valence-electron chi connectivity index (χ0n) is 13.1. The average Bonchev–Trinajstić information content (AvgIpc) is 2.57. The van der Waals surface area contributed by atoms with E-state index in [0.29, 0.717) is 6.08 Å². The summed E-state index contributed by atoms with van der Waals surface area (Å²) in [5.74, 6) is -3.11. The largest absolute Gasteiger partial charge is 0.478 e. The lowest BCUT2D eigenvalue weighted by molar-refractivity contribution is -0.139. The summed E-state index contributed by atoms with van der Waals surface area (Å²) in [7, 11) is 0. The van der Waals surface area contributed by atoms with E-state index < -0.39 is 18.1 Å². The number of benzene rings is 2. The highest BCUT2D eigenvalue weighted by atomic mass is 35.5. The third-order valence-corrected chi connectivity index (χ3v) is 4.61. The lowest BCUT2D eigenvalue weighted by Gasteiger charge is -2.17. The summed E-state index contributed by atoms with van der Waals surface area (Å²) >= 11 is 22.4. The van der Waals surface area contributed by atoms with Gasteiger partial charge < -0.3 is 5.11 Å². The molecule has 2 aromatic rings. The van der Waals surface area contributed by atoms with Gasteiger partial charge in [-0.15, -0.1) is 0 Å². The maximum Gasteiger partial charge on any atom is 0.399 e. The quantitative estimate of drug-likeness (QED) is 0.372. The number of aromatic carboxylic acids is 1. The molecule has 0 aliphatic carbocycles. The Morgan fingerprint density at radius 2 is 1.52 bits per heavy atom. The number of rotatable bonds is 3. The van der Waals surface area contributed by atoms with E-state index in [1.807, 2.05) is 0 Å². The first-order chi connectivity index (χ1) is 12.5. The van der Waals surface area contributed by atoms with Gasteiger partial charge in [0.05, 0.1) is 32.0 Å². The highest BCUT2D eigenvalue weighted by Gasteiger charge is 2.39. The van der Waals surface area contributed by atoms with E-state index in [-0.39, 0.29) is 37.5 Å². The van der Waals surface area contributed by atoms with Crippen molar-refractivity contribution in [2.45, 2.75) is 12.1 Å². The zero-order chi connectivity index (χ0) is 20.8. The van der Waals surface area contributed by atoms with E-state index in [1.165, 1.54) is 6.07 Å². The molecule has 0 radical (unpaired) electrons. The molecule has 0 saturated carbocycles. The number of hydrogen-bond donors (Lipinski definition) is 1. The minimum absolute atomic E-state index is 0.0396. The zero-order valence-corrected chi connectivity index (χ0v) is 16.1. The molecule has 1 unspecified atom stereocenters. The SMILES string of the molecule is FC=CC(c1cc(Cl)c(Cl)c(Cl)c1)C(F)(F)F.O=C(O)c1ccccc1Cl. The topological polar surface area (TPSA) is 37.3 Å². The van der Waals surface area contributed by atoms with Gasteiger partial charge in [0.1, 0.15) is 5.92 Å². The van der Waals surface area contributed by atoms with Crippen LogP contribution < -0.4 is 0 Å². The van der Waals surface area contributed by atoms with Gasteiger partial charge in [-0.25, -0.2) is 9.18 Å². The van der Waals surface area contributed by atoms with Gasteiger partial charge in [-0.05, 0) is 35.9 Å². The summed E-state index contributed by atoms with van der Waals surface area (Å²) in [5, 5.41) is 8.48. The molecule has 0 aliphatic rings. The highest BCUT2D eigenvalue weighted by Crippen LogP contribution is 2.40. The van der Waals surface area contributed by atoms with E-state index >= 15 is 0 Å². The Hall–Kier alpha value is -1.47. The Bertz CT molecular complexity index is 815. The average molecular weight is 464 g/mol. The lowest BCUT2D eigenvalue weighted by atomic mass is 9.99. The van der Waals surface area contributed by atoms with E-state index in [9.17, 15) is 22.4 Å². The van der Waals surface area contributed by atoms with Gasteiger partial charge in [0.25, 0.3) is 0 Å². The van der Waals surface area contributed by atoms with Gasteiger partial charge in [-0.1, -0.05) is 58.5 Å². The third-order valence-electron chi connectivity index (χ3n) is 3.09. The molecule has 2 nitrogen and oxygen atoms in total. The number of halogens is 8. The number of carbonyl (C=O) groups is 1. The number of hydrogen-bond acceptors (Lipinski definition) is 1. The van der Waals surface area contributed by atoms with Crippen LogP contribution in [0.15, 0.2) is 48.8 Å². The maximum absolute atomic E-state index is 12.6. The molecular formula is C17H10Cl4F4O2. The van der Waals surface area contributed by atoms with Crippen LogP contribution in [0.1, 0.15) is 21.8 Å². The van der Waals surface area contributed by atoms with Crippen molar-refractivity contribution in [2.24, 2.45) is 0 Å². The molecule has 2 rings (SSSR count). The summed E-state index contributed by atoms with van der Waals surface area (Å²) in [5.41, 5.74) is -0.130. The number of carboxylic acids is 1. The van der Waals surface area contributed by atoms with Crippen molar-refractivity contribution in [1.82, 2.24) is 0 Å². The van der Waals surface area contributed by atoms with Crippen molar-refractivity contribution in [3.8, 4) is 0 Å². The molecule has 0 bridgehead atoms. The fourth-order valence-electron chi connectivity index (χ4n) is 1.87. The van der Waals surface area contributed by atoms with Crippen molar-refractivity contribution in [3.05, 3.63) is 80.0 Å². The Balaban J connectivity index is 0.000000309. The predicted molar refractivity (Wildman–Crippen MR) is 98.9 cm³/mol. The molecule has 146 valence electrons. The van der Waals surface area contributed by atoms with Crippen LogP contribution in [-0.2, 0) is 0 Å². The second-order valence-corrected chi connectivity index (χ2v) is 6.52. The van der Waals surface area contributed by atoms with Gasteiger partial charge in [-0.3, -0.25) is 0 Å². The van der Waals surface area contributed by atoms with Crippen molar-refractivity contribution in [3.63, 3.8) is 0 Å². The van der Waals surface area contributed by atoms with Crippen molar-refractivity contribution >= 4 is 52.4 Å². The lowest BCUT2D eigenvalue weighted by Crippen LogP contribution is -2.18. The van der Waals surface area contributed by atoms with Crippen LogP contribution in [0.3, 0.4) is 0 Å². The molecular weight excluding hydrogens is 454 g/mol. The number of allylic oxidation sites excluding steroid dienone is 1. The molecule has 10 heteroatoms. The van der Waals surface area contributed by atoms with Crippen LogP contribution in [0, 0.1) is 0 Å². The van der Waals surface area contributed by atoms with Crippen molar-refractivity contribution < 1.29 is 27.5 Å². The van der Waals surface area contributed by atoms with Crippen LogP contribution in [-0.4, -0.2) is 17.3 Å². The van der Waals surface area contributed by atoms with E-state index in [4.69, 9.17) is 51.5 Å². The molecule has 0 fully saturated rings. The Kier molecular flexibility index (Phi) is 8.88. The molecule has 0 spiro atoms. The molecule has 0 saturated heterocycles. The van der Waals surface area contributed by atoms with Gasteiger partial charge in [0, 0.05) is 0 Å². The summed E-state index contributed by atoms with van der Waals surface area (Å²) in [4.78, 5) is 10.3. The first-order valence-corrected chi connectivity index (χ1v) is 8.46. The van der Waals surface area contributed by atoms with Crippen LogP contribution in [0.25, 0.3) is 0 Å². The molecule has 0 heterocycles. The minimum Gasteiger partial charge on any atom is -0.478 e. The summed E-state index contributed by atoms with van der Waals surface area (Å²) < 4.78 is 49.8. The number of alkyl halides is 3. The molecule has 0 amide bonds. The summed E-state index contributed by atoms with van der Waals surface area (Å²) in [6.45, 7) is 0. The minimum atomic E-state index is -4.64. The maximum atomic E-state index is 12.6. The van der Waals surface area contributed by atoms with Gasteiger partial charge in [-0.2, -0.15) is 13.2 Å². The van der Waals surface area contributed by atoms with Crippen LogP contribution >= 0.6 is 46.4 Å². The predicted octanol–water partition coefficient (Wildman–Crippen LogP) is 7.81. The highest BCUT2D eigenvalue weighted by molar-refractivity contribution is 6.48. The standard InChI is InChI=1S/C10H5Cl3F4.C7H5ClO2/c11-7-3-5(4-8(12)9(7)13)6(1-2-14)10(15,16)17;8-6-4-2-1-3-5(6)7(9)10/h1-4,6H;1-4H,(H,9,10). The molecule has 0 aliphatic heterocycles. The van der Waals surface area contributed by atoms with Crippen LogP contribution in [0.2, 0.25) is 20.1 Å². The Labute approximate surface area is 171 Å². The monoisotopic (exact) mass is 462 g/mol. The van der Waals surface area contributed by atoms with Crippen LogP contribution in [0.5, 0.6) is 0 Å². The molecule has 1 atom stereocenters. The Morgan fingerprint density at radius 3 is 1.89 bits per heavy atom. The van der Waals surface area contributed by atoms with Crippen LogP contribution in [0.4, 0.5) is 17.6 Å². The smallest absolute Gasteiger partial charge is 0.399 e.